The smallest absolute Gasteiger partial charge is 0.162 e. The molecular weight excluding hydrogens is 140 g/mol. The molecule has 0 aromatic heterocycles. The van der Waals surface area contributed by atoms with Gasteiger partial charge in [0.25, 0.3) is 0 Å². The van der Waals surface area contributed by atoms with E-state index in [1.807, 2.05) is 0 Å². The molecule has 11 heavy (non-hydrogen) atoms. The van der Waals surface area contributed by atoms with Gasteiger partial charge in [0.05, 0.1) is 12.9 Å². The van der Waals surface area contributed by atoms with Crippen molar-refractivity contribution >= 4 is 5.78 Å². The maximum atomic E-state index is 11.1. The van der Waals surface area contributed by atoms with Crippen molar-refractivity contribution in [2.24, 2.45) is 5.92 Å². The Balaban J connectivity index is 2.54. The molecule has 0 heterocycles. The quantitative estimate of drug-likeness (QED) is 0.575. The molecule has 0 N–H and O–H groups in total. The summed E-state index contributed by atoms with van der Waals surface area (Å²) >= 11 is 0. The standard InChI is InChI=1S/C9H12O2/c1-3-4-7-5-8(11-2)6-9(7)10/h3,6-7H,1,4-5H2,2H3. The third-order valence-electron chi connectivity index (χ3n) is 1.87. The molecule has 2 nitrogen and oxygen atoms in total. The van der Waals surface area contributed by atoms with Gasteiger partial charge in [-0.15, -0.1) is 6.58 Å². The van der Waals surface area contributed by atoms with Crippen LogP contribution >= 0.6 is 0 Å². The summed E-state index contributed by atoms with van der Waals surface area (Å²) in [5.74, 6) is 1.05. The first kappa shape index (κ1) is 8.05. The highest BCUT2D eigenvalue weighted by Crippen LogP contribution is 2.24. The Morgan fingerprint density at radius 3 is 3.09 bits per heavy atom. The number of carbonyl (C=O) groups is 1. The SMILES string of the molecule is C=CCC1CC(OC)=CC1=O. The van der Waals surface area contributed by atoms with E-state index in [9.17, 15) is 4.79 Å². The first-order chi connectivity index (χ1) is 5.27. The van der Waals surface area contributed by atoms with Crippen LogP contribution < -0.4 is 0 Å². The molecule has 0 saturated heterocycles. The maximum Gasteiger partial charge on any atom is 0.162 e. The molecule has 1 atom stereocenters. The van der Waals surface area contributed by atoms with E-state index < -0.39 is 0 Å². The van der Waals surface area contributed by atoms with E-state index >= 15 is 0 Å². The molecule has 0 aliphatic heterocycles. The fraction of sp³-hybridized carbons (Fsp3) is 0.444. The molecule has 0 saturated carbocycles. The van der Waals surface area contributed by atoms with Crippen LogP contribution in [0.2, 0.25) is 0 Å². The summed E-state index contributed by atoms with van der Waals surface area (Å²) in [6.07, 6.45) is 4.84. The van der Waals surface area contributed by atoms with Gasteiger partial charge in [0.2, 0.25) is 0 Å². The molecule has 0 spiro atoms. The molecule has 0 radical (unpaired) electrons. The van der Waals surface area contributed by atoms with Crippen LogP contribution in [0.1, 0.15) is 12.8 Å². The lowest BCUT2D eigenvalue weighted by atomic mass is 10.0. The number of ketones is 1. The predicted molar refractivity (Wildman–Crippen MR) is 43.0 cm³/mol. The first-order valence-corrected chi connectivity index (χ1v) is 3.67. The zero-order valence-electron chi connectivity index (χ0n) is 6.67. The molecular formula is C9H12O2. The Morgan fingerprint density at radius 2 is 2.64 bits per heavy atom. The summed E-state index contributed by atoms with van der Waals surface area (Å²) < 4.78 is 4.96. The highest BCUT2D eigenvalue weighted by atomic mass is 16.5. The van der Waals surface area contributed by atoms with Gasteiger partial charge in [0, 0.05) is 18.4 Å². The van der Waals surface area contributed by atoms with Crippen LogP contribution in [0.15, 0.2) is 24.5 Å². The van der Waals surface area contributed by atoms with Crippen molar-refractivity contribution in [2.45, 2.75) is 12.8 Å². The number of hydrogen-bond acceptors (Lipinski definition) is 2. The average molecular weight is 152 g/mol. The maximum absolute atomic E-state index is 11.1. The van der Waals surface area contributed by atoms with Gasteiger partial charge >= 0.3 is 0 Å². The van der Waals surface area contributed by atoms with Crippen molar-refractivity contribution in [3.63, 3.8) is 0 Å². The summed E-state index contributed by atoms with van der Waals surface area (Å²) in [4.78, 5) is 11.1. The lowest BCUT2D eigenvalue weighted by Crippen LogP contribution is -2.04. The second-order valence-corrected chi connectivity index (χ2v) is 2.64. The van der Waals surface area contributed by atoms with Crippen LogP contribution in [0.5, 0.6) is 0 Å². The molecule has 0 aromatic carbocycles. The third-order valence-corrected chi connectivity index (χ3v) is 1.87. The number of allylic oxidation sites excluding steroid dienone is 3. The monoisotopic (exact) mass is 152 g/mol. The van der Waals surface area contributed by atoms with E-state index in [1.165, 1.54) is 0 Å². The Morgan fingerprint density at radius 1 is 1.91 bits per heavy atom. The summed E-state index contributed by atoms with van der Waals surface area (Å²) in [5, 5.41) is 0. The Kier molecular flexibility index (Phi) is 2.47. The minimum Gasteiger partial charge on any atom is -0.501 e. The van der Waals surface area contributed by atoms with Crippen molar-refractivity contribution in [2.75, 3.05) is 7.11 Å². The van der Waals surface area contributed by atoms with Crippen LogP contribution in [-0.4, -0.2) is 12.9 Å². The van der Waals surface area contributed by atoms with E-state index in [0.717, 1.165) is 18.6 Å². The van der Waals surface area contributed by atoms with Gasteiger partial charge in [-0.05, 0) is 6.42 Å². The Bertz CT molecular complexity index is 204. The second-order valence-electron chi connectivity index (χ2n) is 2.64. The van der Waals surface area contributed by atoms with Crippen LogP contribution in [0.25, 0.3) is 0 Å². The highest BCUT2D eigenvalue weighted by molar-refractivity contribution is 5.94. The van der Waals surface area contributed by atoms with Gasteiger partial charge in [-0.2, -0.15) is 0 Å². The first-order valence-electron chi connectivity index (χ1n) is 3.67. The molecule has 0 amide bonds. The van der Waals surface area contributed by atoms with E-state index in [1.54, 1.807) is 19.3 Å². The second kappa shape index (κ2) is 3.37. The summed E-state index contributed by atoms with van der Waals surface area (Å²) in [6.45, 7) is 3.59. The number of ether oxygens (including phenoxy) is 1. The number of rotatable bonds is 3. The lowest BCUT2D eigenvalue weighted by Gasteiger charge is -2.03. The fourth-order valence-electron chi connectivity index (χ4n) is 1.22. The van der Waals surface area contributed by atoms with Crippen molar-refractivity contribution in [3.05, 3.63) is 24.5 Å². The molecule has 1 aliphatic carbocycles. The number of hydrogen-bond donors (Lipinski definition) is 0. The van der Waals surface area contributed by atoms with Crippen molar-refractivity contribution in [1.82, 2.24) is 0 Å². The van der Waals surface area contributed by atoms with Crippen molar-refractivity contribution in [3.8, 4) is 0 Å². The van der Waals surface area contributed by atoms with E-state index in [0.29, 0.717) is 0 Å². The minimum absolute atomic E-state index is 0.0856. The topological polar surface area (TPSA) is 26.3 Å². The van der Waals surface area contributed by atoms with Gasteiger partial charge < -0.3 is 4.74 Å². The van der Waals surface area contributed by atoms with Crippen molar-refractivity contribution < 1.29 is 9.53 Å². The largest absolute Gasteiger partial charge is 0.501 e. The zero-order valence-corrected chi connectivity index (χ0v) is 6.67. The zero-order chi connectivity index (χ0) is 8.27. The molecule has 0 fully saturated rings. The van der Waals surface area contributed by atoms with Crippen LogP contribution in [0.3, 0.4) is 0 Å². The Labute approximate surface area is 66.5 Å². The predicted octanol–water partition coefficient (Wildman–Crippen LogP) is 1.68. The fourth-order valence-corrected chi connectivity index (χ4v) is 1.22. The Hall–Kier alpha value is -1.05. The van der Waals surface area contributed by atoms with Crippen molar-refractivity contribution in [1.29, 1.82) is 0 Å². The number of methoxy groups -OCH3 is 1. The normalized spacial score (nSPS) is 23.2. The number of carbonyl (C=O) groups excluding carboxylic acids is 1. The molecule has 1 rings (SSSR count). The molecule has 60 valence electrons. The molecule has 0 aromatic rings. The summed E-state index contributed by atoms with van der Waals surface area (Å²) in [5.41, 5.74) is 0. The minimum atomic E-state index is 0.0856. The van der Waals surface area contributed by atoms with Gasteiger partial charge in [-0.3, -0.25) is 4.79 Å². The van der Waals surface area contributed by atoms with E-state index in [2.05, 4.69) is 6.58 Å². The van der Waals surface area contributed by atoms with E-state index in [-0.39, 0.29) is 11.7 Å². The van der Waals surface area contributed by atoms with Gasteiger partial charge in [0.15, 0.2) is 5.78 Å². The van der Waals surface area contributed by atoms with Crippen LogP contribution in [0, 0.1) is 5.92 Å². The van der Waals surface area contributed by atoms with E-state index in [4.69, 9.17) is 4.74 Å². The molecule has 1 aliphatic rings. The lowest BCUT2D eigenvalue weighted by molar-refractivity contribution is -0.117. The van der Waals surface area contributed by atoms with Gasteiger partial charge in [0.1, 0.15) is 0 Å². The van der Waals surface area contributed by atoms with Gasteiger partial charge in [-0.25, -0.2) is 0 Å². The van der Waals surface area contributed by atoms with Gasteiger partial charge in [-0.1, -0.05) is 6.08 Å². The summed E-state index contributed by atoms with van der Waals surface area (Å²) in [6, 6.07) is 0. The van der Waals surface area contributed by atoms with Crippen LogP contribution in [-0.2, 0) is 9.53 Å². The highest BCUT2D eigenvalue weighted by Gasteiger charge is 2.24. The average Bonchev–Trinajstić information content (AvgIpc) is 2.33. The summed E-state index contributed by atoms with van der Waals surface area (Å²) in [7, 11) is 1.59. The molecule has 1 unspecified atom stereocenters. The van der Waals surface area contributed by atoms with Crippen LogP contribution in [0.4, 0.5) is 0 Å². The molecule has 2 heteroatoms. The third kappa shape index (κ3) is 1.70. The molecule has 0 bridgehead atoms.